The molecule has 1 aliphatic rings. The highest BCUT2D eigenvalue weighted by molar-refractivity contribution is 7.51. The molecule has 2 aromatic rings. The number of aliphatic hydroxyl groups is 2. The number of ether oxygens (including phenoxy) is 4. The van der Waals surface area contributed by atoms with Crippen molar-refractivity contribution in [3.8, 4) is 5.88 Å². The van der Waals surface area contributed by atoms with Gasteiger partial charge in [0.1, 0.15) is 23.9 Å². The Morgan fingerprint density at radius 3 is 2.50 bits per heavy atom. The van der Waals surface area contributed by atoms with Gasteiger partial charge in [0.25, 0.3) is 0 Å². The minimum absolute atomic E-state index is 0.0412. The number of hydrogen-bond acceptors (Lipinski definition) is 15. The summed E-state index contributed by atoms with van der Waals surface area (Å²) in [6.45, 7) is 10.7. The Kier molecular flexibility index (Phi) is 11.7. The Morgan fingerprint density at radius 1 is 1.23 bits per heavy atom. The number of aromatic nitrogens is 4. The third kappa shape index (κ3) is 8.21. The number of nitrogens with one attached hydrogen (secondary N) is 1. The first kappa shape index (κ1) is 35.6. The molecule has 5 N–H and O–H groups in total. The Balaban J connectivity index is 1.89. The predicted octanol–water partition coefficient (Wildman–Crippen LogP) is 1.48. The van der Waals surface area contributed by atoms with Crippen LogP contribution in [0.25, 0.3) is 11.2 Å². The maximum Gasteiger partial charge on any atom is 0.407 e. The highest BCUT2D eigenvalue weighted by Gasteiger charge is 2.54. The Bertz CT molecular complexity index is 1350. The van der Waals surface area contributed by atoms with Crippen molar-refractivity contribution in [3.63, 3.8) is 0 Å². The Labute approximate surface area is 255 Å². The molecule has 3 rings (SSSR count). The van der Waals surface area contributed by atoms with Crippen LogP contribution in [0.1, 0.15) is 61.1 Å². The highest BCUT2D eigenvalue weighted by atomic mass is 31.2. The minimum Gasteiger partial charge on any atom is -0.479 e. The van der Waals surface area contributed by atoms with Gasteiger partial charge in [-0.2, -0.15) is 9.97 Å². The molecule has 3 heterocycles. The van der Waals surface area contributed by atoms with Gasteiger partial charge in [-0.1, -0.05) is 13.8 Å². The van der Waals surface area contributed by atoms with Crippen LogP contribution >= 0.6 is 7.75 Å². The fraction of sp³-hybridized carbons (Fsp3) is 0.731. The van der Waals surface area contributed by atoms with E-state index in [9.17, 15) is 24.4 Å². The molecule has 0 bridgehead atoms. The normalized spacial score (nSPS) is 24.8. The van der Waals surface area contributed by atoms with Crippen LogP contribution in [-0.4, -0.2) is 98.1 Å². The van der Waals surface area contributed by atoms with Crippen molar-refractivity contribution in [3.05, 3.63) is 6.33 Å². The molecule has 17 nitrogen and oxygen atoms in total. The van der Waals surface area contributed by atoms with Gasteiger partial charge >= 0.3 is 19.7 Å². The Morgan fingerprint density at radius 2 is 1.91 bits per heavy atom. The summed E-state index contributed by atoms with van der Waals surface area (Å²) in [6.07, 6.45) is -4.45. The summed E-state index contributed by atoms with van der Waals surface area (Å²) in [5.41, 5.74) is 4.26. The lowest BCUT2D eigenvalue weighted by atomic mass is 9.96. The molecule has 1 aliphatic heterocycles. The van der Waals surface area contributed by atoms with Crippen molar-refractivity contribution >= 4 is 36.8 Å². The zero-order valence-electron chi connectivity index (χ0n) is 26.1. The van der Waals surface area contributed by atoms with Gasteiger partial charge in [0.05, 0.1) is 32.8 Å². The molecular formula is C26H43N6O11P. The van der Waals surface area contributed by atoms with Gasteiger partial charge in [0.2, 0.25) is 11.8 Å². The summed E-state index contributed by atoms with van der Waals surface area (Å²) in [5.74, 6) is -1.58. The lowest BCUT2D eigenvalue weighted by Gasteiger charge is -2.28. The number of carbonyl (C=O) groups is 2. The van der Waals surface area contributed by atoms with Crippen molar-refractivity contribution < 1.29 is 52.4 Å². The number of methoxy groups -OCH3 is 1. The smallest absolute Gasteiger partial charge is 0.407 e. The van der Waals surface area contributed by atoms with Gasteiger partial charge < -0.3 is 34.9 Å². The van der Waals surface area contributed by atoms with E-state index >= 15 is 0 Å². The third-order valence-corrected chi connectivity index (χ3v) is 8.30. The molecule has 0 spiro atoms. The SMILES string of the molecule is CCOC(=O)[C@H](C)OP(=O)(N[C@@H](CC(C)C)C(=O)OC(C)C)OC[C@H]1O[C@@H](n2cnc3c(OC)nc(N)nc32)[C@](C)(O)[C@@H]1O. The number of aliphatic hydroxyl groups excluding tert-OH is 1. The quantitative estimate of drug-likeness (QED) is 0.159. The number of imidazole rings is 1. The summed E-state index contributed by atoms with van der Waals surface area (Å²) in [7, 11) is -3.14. The van der Waals surface area contributed by atoms with Gasteiger partial charge in [-0.05, 0) is 47.0 Å². The number of anilines is 1. The standard InChI is InChI=1S/C26H43N6O11P/c1-9-39-22(34)15(6)43-44(37,31-16(10-13(2)3)23(35)41-14(4)5)40-11-17-19(33)26(7,36)24(42-17)32-12-28-18-20(32)29-25(27)30-21(18)38-8/h12-17,19,24,33,36H,9-11H2,1-8H3,(H,31,37)(H2,27,29,30)/t15-,16-,17+,19+,24+,26+,44?/m0/s1. The molecule has 1 fully saturated rings. The molecule has 0 saturated carbocycles. The molecule has 2 aromatic heterocycles. The molecule has 1 unspecified atom stereocenters. The second-order valence-corrected chi connectivity index (χ2v) is 12.9. The zero-order chi connectivity index (χ0) is 33.0. The third-order valence-electron chi connectivity index (χ3n) is 6.59. The number of carbonyl (C=O) groups excluding carboxylic acids is 2. The van der Waals surface area contributed by atoms with Gasteiger partial charge in [-0.25, -0.2) is 19.4 Å². The van der Waals surface area contributed by atoms with Crippen molar-refractivity contribution in [1.82, 2.24) is 24.6 Å². The average molecular weight is 647 g/mol. The Hall–Kier alpha value is -2.92. The van der Waals surface area contributed by atoms with Crippen LogP contribution in [0, 0.1) is 5.92 Å². The topological polar surface area (TPSA) is 229 Å². The van der Waals surface area contributed by atoms with Crippen LogP contribution < -0.4 is 15.6 Å². The molecular weight excluding hydrogens is 603 g/mol. The van der Waals surface area contributed by atoms with Gasteiger partial charge in [-0.3, -0.25) is 18.4 Å². The van der Waals surface area contributed by atoms with E-state index in [4.69, 9.17) is 33.7 Å². The van der Waals surface area contributed by atoms with Crippen LogP contribution in [-0.2, 0) is 37.4 Å². The highest BCUT2D eigenvalue weighted by Crippen LogP contribution is 2.48. The summed E-state index contributed by atoms with van der Waals surface area (Å²) in [6, 6.07) is -1.14. The lowest BCUT2D eigenvalue weighted by molar-refractivity contribution is -0.151. The van der Waals surface area contributed by atoms with Crippen molar-refractivity contribution in [2.45, 2.75) is 97.2 Å². The number of nitrogen functional groups attached to an aromatic ring is 1. The van der Waals surface area contributed by atoms with Crippen LogP contribution in [0.3, 0.4) is 0 Å². The number of fused-ring (bicyclic) bond motifs is 1. The first-order valence-corrected chi connectivity index (χ1v) is 15.7. The lowest BCUT2D eigenvalue weighted by Crippen LogP contribution is -2.45. The maximum absolute atomic E-state index is 14.1. The first-order chi connectivity index (χ1) is 20.5. The van der Waals surface area contributed by atoms with Gasteiger partial charge in [0.15, 0.2) is 23.5 Å². The predicted molar refractivity (Wildman–Crippen MR) is 155 cm³/mol. The molecule has 18 heteroatoms. The molecule has 0 aromatic carbocycles. The van der Waals surface area contributed by atoms with E-state index in [0.29, 0.717) is 0 Å². The molecule has 0 amide bonds. The summed E-state index contributed by atoms with van der Waals surface area (Å²) in [4.78, 5) is 37.6. The molecule has 0 aliphatic carbocycles. The molecule has 0 radical (unpaired) electrons. The number of nitrogens with zero attached hydrogens (tertiary/aromatic N) is 4. The molecule has 7 atom stereocenters. The van der Waals surface area contributed by atoms with Gasteiger partial charge in [0, 0.05) is 0 Å². The molecule has 44 heavy (non-hydrogen) atoms. The van der Waals surface area contributed by atoms with E-state index in [0.717, 1.165) is 0 Å². The zero-order valence-corrected chi connectivity index (χ0v) is 27.0. The fourth-order valence-electron chi connectivity index (χ4n) is 4.56. The number of rotatable bonds is 15. The van der Waals surface area contributed by atoms with Crippen LogP contribution in [0.5, 0.6) is 5.88 Å². The number of hydrogen-bond donors (Lipinski definition) is 4. The van der Waals surface area contributed by atoms with Crippen LogP contribution in [0.4, 0.5) is 5.95 Å². The van der Waals surface area contributed by atoms with Crippen molar-refractivity contribution in [2.75, 3.05) is 26.1 Å². The maximum atomic E-state index is 14.1. The minimum atomic E-state index is -4.52. The first-order valence-electron chi connectivity index (χ1n) is 14.2. The summed E-state index contributed by atoms with van der Waals surface area (Å²) in [5, 5.41) is 25.0. The summed E-state index contributed by atoms with van der Waals surface area (Å²) >= 11 is 0. The van der Waals surface area contributed by atoms with E-state index in [-0.39, 0.29) is 41.9 Å². The van der Waals surface area contributed by atoms with E-state index in [1.165, 1.54) is 31.9 Å². The van der Waals surface area contributed by atoms with E-state index < -0.39 is 68.6 Å². The van der Waals surface area contributed by atoms with Crippen LogP contribution in [0.15, 0.2) is 6.33 Å². The number of esters is 2. The molecule has 1 saturated heterocycles. The van der Waals surface area contributed by atoms with E-state index in [1.54, 1.807) is 20.8 Å². The monoisotopic (exact) mass is 646 g/mol. The largest absolute Gasteiger partial charge is 0.479 e. The number of nitrogens with two attached hydrogens (primary N) is 1. The van der Waals surface area contributed by atoms with E-state index in [1.807, 2.05) is 13.8 Å². The van der Waals surface area contributed by atoms with Crippen molar-refractivity contribution in [2.24, 2.45) is 5.92 Å². The summed E-state index contributed by atoms with van der Waals surface area (Å²) < 4.78 is 48.1. The van der Waals surface area contributed by atoms with Crippen LogP contribution in [0.2, 0.25) is 0 Å². The van der Waals surface area contributed by atoms with Crippen molar-refractivity contribution in [1.29, 1.82) is 0 Å². The molecule has 248 valence electrons. The fourth-order valence-corrected chi connectivity index (χ4v) is 6.19. The average Bonchev–Trinajstić information content (AvgIpc) is 3.43. The van der Waals surface area contributed by atoms with E-state index in [2.05, 4.69) is 20.0 Å². The van der Waals surface area contributed by atoms with Gasteiger partial charge in [-0.15, -0.1) is 0 Å². The second kappa shape index (κ2) is 14.5. The second-order valence-electron chi connectivity index (χ2n) is 11.2.